The molecule has 1 aromatic heterocycles. The molecule has 2 fully saturated rings. The van der Waals surface area contributed by atoms with Crippen molar-refractivity contribution in [3.63, 3.8) is 0 Å². The van der Waals surface area contributed by atoms with Gasteiger partial charge in [0.2, 0.25) is 0 Å². The SMILES string of the molecule is CC(C)NCc1cnccc1N(CC1CC1)CC1CC1. The molecule has 0 unspecified atom stereocenters. The molecule has 3 nitrogen and oxygen atoms in total. The van der Waals surface area contributed by atoms with E-state index in [2.05, 4.69) is 35.1 Å². The van der Waals surface area contributed by atoms with Crippen molar-refractivity contribution >= 4 is 5.69 Å². The van der Waals surface area contributed by atoms with Crippen molar-refractivity contribution in [1.82, 2.24) is 10.3 Å². The average Bonchev–Trinajstić information content (AvgIpc) is 3.31. The number of nitrogens with one attached hydrogen (secondary N) is 1. The molecule has 0 spiro atoms. The molecule has 2 saturated carbocycles. The van der Waals surface area contributed by atoms with Gasteiger partial charge < -0.3 is 10.2 Å². The second kappa shape index (κ2) is 6.13. The van der Waals surface area contributed by atoms with Crippen LogP contribution in [0.1, 0.15) is 45.1 Å². The Morgan fingerprint density at radius 2 is 1.85 bits per heavy atom. The summed E-state index contributed by atoms with van der Waals surface area (Å²) in [7, 11) is 0. The Labute approximate surface area is 122 Å². The van der Waals surface area contributed by atoms with Gasteiger partial charge in [-0.25, -0.2) is 0 Å². The predicted molar refractivity (Wildman–Crippen MR) is 83.9 cm³/mol. The summed E-state index contributed by atoms with van der Waals surface area (Å²) in [5.41, 5.74) is 2.76. The van der Waals surface area contributed by atoms with E-state index in [1.165, 1.54) is 50.0 Å². The maximum atomic E-state index is 4.33. The highest BCUT2D eigenvalue weighted by atomic mass is 15.1. The largest absolute Gasteiger partial charge is 0.371 e. The van der Waals surface area contributed by atoms with Crippen LogP contribution in [-0.2, 0) is 6.54 Å². The van der Waals surface area contributed by atoms with Crippen LogP contribution in [0.15, 0.2) is 18.5 Å². The molecule has 3 rings (SSSR count). The van der Waals surface area contributed by atoms with E-state index in [0.29, 0.717) is 6.04 Å². The van der Waals surface area contributed by atoms with Crippen LogP contribution in [0, 0.1) is 11.8 Å². The summed E-state index contributed by atoms with van der Waals surface area (Å²) >= 11 is 0. The van der Waals surface area contributed by atoms with Gasteiger partial charge >= 0.3 is 0 Å². The Kier molecular flexibility index (Phi) is 4.25. The minimum atomic E-state index is 0.517. The summed E-state index contributed by atoms with van der Waals surface area (Å²) in [6.45, 7) is 7.81. The van der Waals surface area contributed by atoms with Crippen LogP contribution in [0.5, 0.6) is 0 Å². The van der Waals surface area contributed by atoms with E-state index in [-0.39, 0.29) is 0 Å². The van der Waals surface area contributed by atoms with Crippen LogP contribution in [-0.4, -0.2) is 24.1 Å². The topological polar surface area (TPSA) is 28.2 Å². The standard InChI is InChI=1S/C17H27N3/c1-13(2)19-10-16-9-18-8-7-17(16)20(11-14-3-4-14)12-15-5-6-15/h7-9,13-15,19H,3-6,10-12H2,1-2H3. The van der Waals surface area contributed by atoms with Crippen molar-refractivity contribution in [2.24, 2.45) is 11.8 Å². The van der Waals surface area contributed by atoms with E-state index in [4.69, 9.17) is 0 Å². The summed E-state index contributed by atoms with van der Waals surface area (Å²) in [5.74, 6) is 1.88. The van der Waals surface area contributed by atoms with Crippen LogP contribution in [0.2, 0.25) is 0 Å². The van der Waals surface area contributed by atoms with Gasteiger partial charge in [0.1, 0.15) is 0 Å². The molecule has 0 bridgehead atoms. The monoisotopic (exact) mass is 273 g/mol. The van der Waals surface area contributed by atoms with Gasteiger partial charge in [0.05, 0.1) is 0 Å². The van der Waals surface area contributed by atoms with Gasteiger partial charge in [-0.05, 0) is 43.6 Å². The second-order valence-corrected chi connectivity index (χ2v) is 6.83. The lowest BCUT2D eigenvalue weighted by molar-refractivity contribution is 0.584. The molecule has 1 aromatic rings. The molecule has 2 aliphatic carbocycles. The normalized spacial score (nSPS) is 18.6. The minimum absolute atomic E-state index is 0.517. The first-order valence-electron chi connectivity index (χ1n) is 8.13. The van der Waals surface area contributed by atoms with Gasteiger partial charge in [-0.3, -0.25) is 4.98 Å². The molecular formula is C17H27N3. The van der Waals surface area contributed by atoms with Crippen molar-refractivity contribution in [3.8, 4) is 0 Å². The minimum Gasteiger partial charge on any atom is -0.371 e. The summed E-state index contributed by atoms with van der Waals surface area (Å²) in [6.07, 6.45) is 9.67. The fraction of sp³-hybridized carbons (Fsp3) is 0.706. The average molecular weight is 273 g/mol. The highest BCUT2D eigenvalue weighted by molar-refractivity contribution is 5.52. The van der Waals surface area contributed by atoms with Gasteiger partial charge in [0.15, 0.2) is 0 Å². The molecule has 1 heterocycles. The number of aromatic nitrogens is 1. The summed E-state index contributed by atoms with van der Waals surface area (Å²) in [4.78, 5) is 6.96. The maximum Gasteiger partial charge on any atom is 0.0443 e. The fourth-order valence-corrected chi connectivity index (χ4v) is 2.67. The molecule has 0 amide bonds. The fourth-order valence-electron chi connectivity index (χ4n) is 2.67. The third-order valence-corrected chi connectivity index (χ3v) is 4.27. The molecule has 0 atom stereocenters. The van der Waals surface area contributed by atoms with E-state index < -0.39 is 0 Å². The van der Waals surface area contributed by atoms with E-state index in [1.807, 2.05) is 12.4 Å². The highest BCUT2D eigenvalue weighted by Gasteiger charge is 2.30. The highest BCUT2D eigenvalue weighted by Crippen LogP contribution is 2.36. The number of nitrogens with zero attached hydrogens (tertiary/aromatic N) is 2. The van der Waals surface area contributed by atoms with Gasteiger partial charge in [0.25, 0.3) is 0 Å². The van der Waals surface area contributed by atoms with Gasteiger partial charge in [-0.15, -0.1) is 0 Å². The molecule has 1 N–H and O–H groups in total. The molecule has 0 saturated heterocycles. The third-order valence-electron chi connectivity index (χ3n) is 4.27. The zero-order valence-electron chi connectivity index (χ0n) is 12.8. The molecule has 2 aliphatic rings. The zero-order valence-corrected chi connectivity index (χ0v) is 12.8. The van der Waals surface area contributed by atoms with Crippen molar-refractivity contribution in [2.45, 2.75) is 52.1 Å². The number of hydrogen-bond donors (Lipinski definition) is 1. The lowest BCUT2D eigenvalue weighted by atomic mass is 10.1. The smallest absolute Gasteiger partial charge is 0.0443 e. The van der Waals surface area contributed by atoms with Gasteiger partial charge in [-0.1, -0.05) is 13.8 Å². The number of rotatable bonds is 8. The Balaban J connectivity index is 1.73. The van der Waals surface area contributed by atoms with Crippen molar-refractivity contribution in [1.29, 1.82) is 0 Å². The molecule has 20 heavy (non-hydrogen) atoms. The molecule has 110 valence electrons. The Bertz CT molecular complexity index is 422. The van der Waals surface area contributed by atoms with Crippen molar-refractivity contribution in [2.75, 3.05) is 18.0 Å². The first kappa shape index (κ1) is 13.9. The number of hydrogen-bond acceptors (Lipinski definition) is 3. The zero-order chi connectivity index (χ0) is 13.9. The quantitative estimate of drug-likeness (QED) is 0.788. The first-order chi connectivity index (χ1) is 9.72. The van der Waals surface area contributed by atoms with Crippen LogP contribution >= 0.6 is 0 Å². The lowest BCUT2D eigenvalue weighted by Crippen LogP contribution is -2.30. The van der Waals surface area contributed by atoms with Crippen LogP contribution < -0.4 is 10.2 Å². The van der Waals surface area contributed by atoms with Crippen molar-refractivity contribution in [3.05, 3.63) is 24.0 Å². The summed E-state index contributed by atoms with van der Waals surface area (Å²) in [6, 6.07) is 2.73. The van der Waals surface area contributed by atoms with E-state index >= 15 is 0 Å². The Hall–Kier alpha value is -1.09. The van der Waals surface area contributed by atoms with Gasteiger partial charge in [0, 0.05) is 49.3 Å². The van der Waals surface area contributed by atoms with Crippen LogP contribution in [0.25, 0.3) is 0 Å². The van der Waals surface area contributed by atoms with E-state index in [9.17, 15) is 0 Å². The Morgan fingerprint density at radius 1 is 1.20 bits per heavy atom. The molecule has 3 heteroatoms. The first-order valence-corrected chi connectivity index (χ1v) is 8.13. The molecule has 0 radical (unpaired) electrons. The van der Waals surface area contributed by atoms with E-state index in [1.54, 1.807) is 0 Å². The Morgan fingerprint density at radius 3 is 2.40 bits per heavy atom. The third kappa shape index (κ3) is 3.95. The molecular weight excluding hydrogens is 246 g/mol. The lowest BCUT2D eigenvalue weighted by Gasteiger charge is -2.27. The second-order valence-electron chi connectivity index (χ2n) is 6.83. The molecule has 0 aliphatic heterocycles. The summed E-state index contributed by atoms with van der Waals surface area (Å²) < 4.78 is 0. The predicted octanol–water partition coefficient (Wildman–Crippen LogP) is 3.21. The number of anilines is 1. The number of pyridine rings is 1. The maximum absolute atomic E-state index is 4.33. The van der Waals surface area contributed by atoms with Gasteiger partial charge in [-0.2, -0.15) is 0 Å². The molecule has 0 aromatic carbocycles. The van der Waals surface area contributed by atoms with Crippen molar-refractivity contribution < 1.29 is 0 Å². The van der Waals surface area contributed by atoms with E-state index in [0.717, 1.165) is 18.4 Å². The summed E-state index contributed by atoms with van der Waals surface area (Å²) in [5, 5.41) is 3.53. The van der Waals surface area contributed by atoms with Crippen LogP contribution in [0.3, 0.4) is 0 Å². The van der Waals surface area contributed by atoms with Crippen LogP contribution in [0.4, 0.5) is 5.69 Å².